The maximum Gasteiger partial charge on any atom is 0.328 e. The fourth-order valence-corrected chi connectivity index (χ4v) is 3.68. The molecule has 9 heteroatoms. The van der Waals surface area contributed by atoms with Gasteiger partial charge in [-0.3, -0.25) is 4.79 Å². The molecule has 0 aliphatic carbocycles. The van der Waals surface area contributed by atoms with Crippen molar-refractivity contribution in [1.82, 2.24) is 10.3 Å². The van der Waals surface area contributed by atoms with Gasteiger partial charge in [-0.05, 0) is 24.1 Å². The lowest BCUT2D eigenvalue weighted by Crippen LogP contribution is -2.45. The first-order chi connectivity index (χ1) is 17.5. The highest BCUT2D eigenvalue weighted by atomic mass is 32.1. The van der Waals surface area contributed by atoms with Gasteiger partial charge in [0.1, 0.15) is 6.04 Å². The van der Waals surface area contributed by atoms with E-state index in [0.29, 0.717) is 36.5 Å². The van der Waals surface area contributed by atoms with Crippen LogP contribution in [0.2, 0.25) is 0 Å². The van der Waals surface area contributed by atoms with Crippen LogP contribution in [0.15, 0.2) is 72.8 Å². The van der Waals surface area contributed by atoms with Gasteiger partial charge in [0.15, 0.2) is 6.61 Å². The van der Waals surface area contributed by atoms with E-state index >= 15 is 0 Å². The molecule has 0 saturated heterocycles. The molecule has 1 amide bonds. The van der Waals surface area contributed by atoms with Gasteiger partial charge in [-0.25, -0.2) is 9.78 Å². The molecule has 0 saturated carbocycles. The number of methoxy groups -OCH3 is 1. The van der Waals surface area contributed by atoms with Gasteiger partial charge in [0.25, 0.3) is 5.91 Å². The second-order valence-corrected chi connectivity index (χ2v) is 8.56. The predicted molar refractivity (Wildman–Crippen MR) is 144 cm³/mol. The van der Waals surface area contributed by atoms with Crippen molar-refractivity contribution >= 4 is 30.2 Å². The Kier molecular flexibility index (Phi) is 10.6. The van der Waals surface area contributed by atoms with Crippen LogP contribution >= 0.6 is 12.6 Å². The van der Waals surface area contributed by atoms with E-state index in [1.807, 2.05) is 72.8 Å². The number of carbonyl (C=O) groups is 2. The SMILES string of the molecule is COC(=O)C(Cc1ccccc1)NC(=O)COc1nc(-c2ccccc2)ccc1NCCC(N)CS. The molecule has 1 heterocycles. The van der Waals surface area contributed by atoms with Crippen LogP contribution in [0.5, 0.6) is 5.88 Å². The number of carbonyl (C=O) groups excluding carboxylic acids is 2. The minimum atomic E-state index is -0.836. The number of pyridine rings is 1. The molecule has 2 aromatic carbocycles. The molecule has 2 atom stereocenters. The Bertz CT molecular complexity index is 1120. The Balaban J connectivity index is 1.71. The van der Waals surface area contributed by atoms with Crippen molar-refractivity contribution in [3.05, 3.63) is 78.4 Å². The van der Waals surface area contributed by atoms with Crippen LogP contribution in [-0.4, -0.2) is 55.0 Å². The molecule has 1 aromatic heterocycles. The van der Waals surface area contributed by atoms with Crippen molar-refractivity contribution < 1.29 is 19.1 Å². The van der Waals surface area contributed by atoms with Crippen LogP contribution in [-0.2, 0) is 20.7 Å². The van der Waals surface area contributed by atoms with E-state index in [1.54, 1.807) is 0 Å². The Hall–Kier alpha value is -3.56. The first-order valence-corrected chi connectivity index (χ1v) is 12.3. The van der Waals surface area contributed by atoms with E-state index in [1.165, 1.54) is 7.11 Å². The quantitative estimate of drug-likeness (QED) is 0.207. The van der Waals surface area contributed by atoms with Crippen molar-refractivity contribution in [2.24, 2.45) is 5.73 Å². The molecule has 0 aliphatic rings. The summed E-state index contributed by atoms with van der Waals surface area (Å²) in [5, 5.41) is 5.98. The number of amides is 1. The number of hydrogen-bond acceptors (Lipinski definition) is 8. The lowest BCUT2D eigenvalue weighted by molar-refractivity contribution is -0.145. The third kappa shape index (κ3) is 8.28. The van der Waals surface area contributed by atoms with E-state index < -0.39 is 17.9 Å². The first kappa shape index (κ1) is 27.0. The molecule has 3 aromatic rings. The van der Waals surface area contributed by atoms with Crippen molar-refractivity contribution in [3.8, 4) is 17.1 Å². The summed E-state index contributed by atoms with van der Waals surface area (Å²) in [6.07, 6.45) is 1.02. The summed E-state index contributed by atoms with van der Waals surface area (Å²) in [7, 11) is 1.29. The summed E-state index contributed by atoms with van der Waals surface area (Å²) >= 11 is 4.22. The number of nitrogens with two attached hydrogens (primary N) is 1. The van der Waals surface area contributed by atoms with Crippen LogP contribution in [0.1, 0.15) is 12.0 Å². The Morgan fingerprint density at radius 2 is 1.72 bits per heavy atom. The molecule has 3 rings (SSSR count). The lowest BCUT2D eigenvalue weighted by atomic mass is 10.1. The minimum Gasteiger partial charge on any atom is -0.467 e. The van der Waals surface area contributed by atoms with Gasteiger partial charge in [-0.2, -0.15) is 12.6 Å². The van der Waals surface area contributed by atoms with Crippen molar-refractivity contribution in [2.75, 3.05) is 31.3 Å². The van der Waals surface area contributed by atoms with E-state index in [4.69, 9.17) is 15.2 Å². The summed E-state index contributed by atoms with van der Waals surface area (Å²) in [5.41, 5.74) is 9.13. The van der Waals surface area contributed by atoms with Crippen LogP contribution in [0, 0.1) is 0 Å². The van der Waals surface area contributed by atoms with Gasteiger partial charge in [0.05, 0.1) is 18.5 Å². The number of hydrogen-bond donors (Lipinski definition) is 4. The number of thiol groups is 1. The number of nitrogens with zero attached hydrogens (tertiary/aromatic N) is 1. The van der Waals surface area contributed by atoms with Gasteiger partial charge < -0.3 is 25.8 Å². The highest BCUT2D eigenvalue weighted by Crippen LogP contribution is 2.27. The number of benzene rings is 2. The zero-order valence-corrected chi connectivity index (χ0v) is 21.1. The molecular weight excluding hydrogens is 476 g/mol. The van der Waals surface area contributed by atoms with Crippen LogP contribution < -0.4 is 21.1 Å². The van der Waals surface area contributed by atoms with Crippen molar-refractivity contribution in [2.45, 2.75) is 24.9 Å². The first-order valence-electron chi connectivity index (χ1n) is 11.7. The van der Waals surface area contributed by atoms with Crippen molar-refractivity contribution in [1.29, 1.82) is 0 Å². The summed E-state index contributed by atoms with van der Waals surface area (Å²) < 4.78 is 10.7. The third-order valence-electron chi connectivity index (χ3n) is 5.44. The summed E-state index contributed by atoms with van der Waals surface area (Å²) in [6, 6.07) is 22.0. The zero-order chi connectivity index (χ0) is 25.8. The number of aromatic nitrogens is 1. The largest absolute Gasteiger partial charge is 0.467 e. The molecule has 0 bridgehead atoms. The van der Waals surface area contributed by atoms with E-state index in [2.05, 4.69) is 28.2 Å². The van der Waals surface area contributed by atoms with Gasteiger partial charge >= 0.3 is 5.97 Å². The van der Waals surface area contributed by atoms with E-state index in [-0.39, 0.29) is 18.5 Å². The second-order valence-electron chi connectivity index (χ2n) is 8.19. The molecule has 2 unspecified atom stereocenters. The summed E-state index contributed by atoms with van der Waals surface area (Å²) in [6.45, 7) is 0.274. The number of ether oxygens (including phenoxy) is 2. The molecule has 36 heavy (non-hydrogen) atoms. The monoisotopic (exact) mass is 508 g/mol. The Morgan fingerprint density at radius 3 is 2.39 bits per heavy atom. The highest BCUT2D eigenvalue weighted by Gasteiger charge is 2.22. The van der Waals surface area contributed by atoms with E-state index in [0.717, 1.165) is 11.1 Å². The smallest absolute Gasteiger partial charge is 0.328 e. The zero-order valence-electron chi connectivity index (χ0n) is 20.2. The second kappa shape index (κ2) is 14.1. The Labute approximate surface area is 217 Å². The molecule has 0 spiro atoms. The number of anilines is 1. The summed E-state index contributed by atoms with van der Waals surface area (Å²) in [4.78, 5) is 29.6. The maximum atomic E-state index is 12.7. The standard InChI is InChI=1S/C27H32N4O4S/c1-34-27(33)24(16-19-8-4-2-5-9-19)30-25(32)17-35-26-23(29-15-14-21(28)18-36)13-12-22(31-26)20-10-6-3-7-11-20/h2-13,21,24,29,36H,14-18,28H2,1H3,(H,30,32). The molecule has 0 aliphatic heterocycles. The molecular formula is C27H32N4O4S. The van der Waals surface area contributed by atoms with Gasteiger partial charge in [-0.15, -0.1) is 0 Å². The minimum absolute atomic E-state index is 0.0348. The lowest BCUT2D eigenvalue weighted by Gasteiger charge is -2.18. The average Bonchev–Trinajstić information content (AvgIpc) is 2.92. The average molecular weight is 509 g/mol. The topological polar surface area (TPSA) is 116 Å². The van der Waals surface area contributed by atoms with Crippen molar-refractivity contribution in [3.63, 3.8) is 0 Å². The van der Waals surface area contributed by atoms with E-state index in [9.17, 15) is 9.59 Å². The number of nitrogens with one attached hydrogen (secondary N) is 2. The van der Waals surface area contributed by atoms with Crippen LogP contribution in [0.3, 0.4) is 0 Å². The molecule has 4 N–H and O–H groups in total. The number of esters is 1. The predicted octanol–water partition coefficient (Wildman–Crippen LogP) is 3.09. The third-order valence-corrected chi connectivity index (χ3v) is 5.91. The van der Waals surface area contributed by atoms with Gasteiger partial charge in [-0.1, -0.05) is 60.7 Å². The van der Waals surface area contributed by atoms with Crippen LogP contribution in [0.4, 0.5) is 5.69 Å². The molecule has 190 valence electrons. The Morgan fingerprint density at radius 1 is 1.03 bits per heavy atom. The fraction of sp³-hybridized carbons (Fsp3) is 0.296. The van der Waals surface area contributed by atoms with Gasteiger partial charge in [0, 0.05) is 30.3 Å². The van der Waals surface area contributed by atoms with Crippen LogP contribution in [0.25, 0.3) is 11.3 Å². The van der Waals surface area contributed by atoms with Gasteiger partial charge in [0.2, 0.25) is 5.88 Å². The molecule has 8 nitrogen and oxygen atoms in total. The molecule has 0 radical (unpaired) electrons. The fourth-order valence-electron chi connectivity index (χ4n) is 3.49. The normalized spacial score (nSPS) is 12.3. The number of rotatable bonds is 13. The highest BCUT2D eigenvalue weighted by molar-refractivity contribution is 7.80. The molecule has 0 fully saturated rings. The summed E-state index contributed by atoms with van der Waals surface area (Å²) in [5.74, 6) is -0.125. The maximum absolute atomic E-state index is 12.7.